The second-order valence-corrected chi connectivity index (χ2v) is 7.08. The molecule has 0 atom stereocenters. The number of benzene rings is 2. The van der Waals surface area contributed by atoms with Gasteiger partial charge in [-0.1, -0.05) is 24.3 Å². The summed E-state index contributed by atoms with van der Waals surface area (Å²) >= 11 is 0. The number of fused-ring (bicyclic) bond motifs is 1. The van der Waals surface area contributed by atoms with E-state index in [4.69, 9.17) is 4.74 Å². The first kappa shape index (κ1) is 19.3. The Balaban J connectivity index is 1.63. The molecule has 0 radical (unpaired) electrons. The largest absolute Gasteiger partial charge is 0.497 e. The lowest BCUT2D eigenvalue weighted by molar-refractivity contribution is 0.415. The van der Waals surface area contributed by atoms with Crippen LogP contribution >= 0.6 is 0 Å². The Hall–Kier alpha value is -4.04. The van der Waals surface area contributed by atoms with Gasteiger partial charge in [0, 0.05) is 28.5 Å². The summed E-state index contributed by atoms with van der Waals surface area (Å²) in [6.45, 7) is 4.01. The second kappa shape index (κ2) is 8.14. The van der Waals surface area contributed by atoms with Crippen molar-refractivity contribution in [1.29, 1.82) is 5.26 Å². The molecule has 4 aromatic rings. The summed E-state index contributed by atoms with van der Waals surface area (Å²) < 4.78 is 5.19. The molecule has 0 spiro atoms. The Morgan fingerprint density at radius 1 is 1.07 bits per heavy atom. The lowest BCUT2D eigenvalue weighted by Gasteiger charge is -2.13. The molecular weight excluding hydrogens is 372 g/mol. The molecule has 2 aromatic carbocycles. The average molecular weight is 394 g/mol. The number of nitrogens with one attached hydrogen (secondary N) is 2. The van der Waals surface area contributed by atoms with Gasteiger partial charge in [-0.05, 0) is 66.9 Å². The number of aromatic nitrogens is 2. The van der Waals surface area contributed by atoms with Gasteiger partial charge >= 0.3 is 0 Å². The quantitative estimate of drug-likeness (QED) is 0.437. The normalized spacial score (nSPS) is 11.0. The van der Waals surface area contributed by atoms with E-state index in [2.05, 4.69) is 28.3 Å². The number of pyridine rings is 1. The van der Waals surface area contributed by atoms with Crippen molar-refractivity contribution in [1.82, 2.24) is 9.97 Å². The lowest BCUT2D eigenvalue weighted by atomic mass is 10.1. The number of rotatable bonds is 5. The van der Waals surface area contributed by atoms with Gasteiger partial charge in [0.2, 0.25) is 0 Å². The third-order valence-corrected chi connectivity index (χ3v) is 5.20. The molecule has 0 aliphatic heterocycles. The minimum absolute atomic E-state index is 0.503. The van der Waals surface area contributed by atoms with E-state index in [1.165, 1.54) is 0 Å². The molecule has 2 N–H and O–H groups in total. The van der Waals surface area contributed by atoms with E-state index in [0.717, 1.165) is 44.7 Å². The van der Waals surface area contributed by atoms with Gasteiger partial charge in [0.1, 0.15) is 17.6 Å². The molecule has 0 amide bonds. The molecule has 0 saturated carbocycles. The third-order valence-electron chi connectivity index (χ3n) is 5.20. The number of hydrogen-bond acceptors (Lipinski definition) is 4. The highest BCUT2D eigenvalue weighted by molar-refractivity contribution is 5.89. The summed E-state index contributed by atoms with van der Waals surface area (Å²) in [4.78, 5) is 7.89. The van der Waals surface area contributed by atoms with Crippen molar-refractivity contribution >= 4 is 34.6 Å². The van der Waals surface area contributed by atoms with E-state index in [-0.39, 0.29) is 0 Å². The van der Waals surface area contributed by atoms with Crippen LogP contribution in [0.4, 0.5) is 11.5 Å². The maximum Gasteiger partial charge on any atom is 0.148 e. The van der Waals surface area contributed by atoms with Crippen LogP contribution in [0.15, 0.2) is 54.7 Å². The van der Waals surface area contributed by atoms with Gasteiger partial charge in [-0.3, -0.25) is 0 Å². The molecule has 0 unspecified atom stereocenters. The number of nitriles is 1. The topological polar surface area (TPSA) is 73.7 Å². The van der Waals surface area contributed by atoms with Gasteiger partial charge in [0.05, 0.1) is 12.7 Å². The van der Waals surface area contributed by atoms with Crippen molar-refractivity contribution in [2.45, 2.75) is 13.8 Å². The van der Waals surface area contributed by atoms with Gasteiger partial charge in [-0.15, -0.1) is 0 Å². The summed E-state index contributed by atoms with van der Waals surface area (Å²) in [5, 5.41) is 14.2. The van der Waals surface area contributed by atoms with Crippen molar-refractivity contribution in [3.05, 3.63) is 82.7 Å². The van der Waals surface area contributed by atoms with Crippen molar-refractivity contribution in [2.24, 2.45) is 0 Å². The lowest BCUT2D eigenvalue weighted by Crippen LogP contribution is -2.01. The number of nitrogens with zero attached hydrogens (tertiary/aromatic N) is 2. The fraction of sp³-hybridized carbons (Fsp3) is 0.120. The van der Waals surface area contributed by atoms with Crippen LogP contribution in [0.3, 0.4) is 0 Å². The molecule has 0 bridgehead atoms. The van der Waals surface area contributed by atoms with E-state index in [0.29, 0.717) is 11.4 Å². The fourth-order valence-corrected chi connectivity index (χ4v) is 3.42. The van der Waals surface area contributed by atoms with Gasteiger partial charge in [-0.2, -0.15) is 5.26 Å². The number of aryl methyl sites for hydroxylation is 2. The van der Waals surface area contributed by atoms with Crippen LogP contribution in [-0.4, -0.2) is 17.1 Å². The van der Waals surface area contributed by atoms with Crippen LogP contribution in [0.25, 0.3) is 23.1 Å². The highest BCUT2D eigenvalue weighted by atomic mass is 16.5. The van der Waals surface area contributed by atoms with Gasteiger partial charge in [-0.25, -0.2) is 4.98 Å². The monoisotopic (exact) mass is 394 g/mol. The minimum atomic E-state index is 0.503. The Morgan fingerprint density at radius 2 is 1.87 bits per heavy atom. The zero-order valence-corrected chi connectivity index (χ0v) is 17.2. The molecule has 0 aliphatic carbocycles. The van der Waals surface area contributed by atoms with Crippen LogP contribution in [0.1, 0.15) is 27.9 Å². The highest BCUT2D eigenvalue weighted by Gasteiger charge is 2.11. The van der Waals surface area contributed by atoms with Crippen molar-refractivity contribution < 1.29 is 4.74 Å². The van der Waals surface area contributed by atoms with Gasteiger partial charge < -0.3 is 15.0 Å². The summed E-state index contributed by atoms with van der Waals surface area (Å²) in [5.41, 5.74) is 6.44. The van der Waals surface area contributed by atoms with Gasteiger partial charge in [0.15, 0.2) is 0 Å². The average Bonchev–Trinajstić information content (AvgIpc) is 3.25. The predicted molar refractivity (Wildman–Crippen MR) is 122 cm³/mol. The van der Waals surface area contributed by atoms with Crippen molar-refractivity contribution in [3.8, 4) is 11.8 Å². The molecule has 5 heteroatoms. The molecule has 2 aromatic heterocycles. The molecule has 4 rings (SSSR count). The van der Waals surface area contributed by atoms with E-state index < -0.39 is 0 Å². The molecule has 2 heterocycles. The first-order valence-corrected chi connectivity index (χ1v) is 9.66. The van der Waals surface area contributed by atoms with Crippen molar-refractivity contribution in [3.63, 3.8) is 0 Å². The first-order valence-electron chi connectivity index (χ1n) is 9.66. The summed E-state index contributed by atoms with van der Waals surface area (Å²) in [6, 6.07) is 18.0. The van der Waals surface area contributed by atoms with Crippen LogP contribution in [0.2, 0.25) is 0 Å². The molecular formula is C25H22N4O. The van der Waals surface area contributed by atoms with Crippen LogP contribution < -0.4 is 10.1 Å². The molecule has 30 heavy (non-hydrogen) atoms. The van der Waals surface area contributed by atoms with E-state index >= 15 is 0 Å². The molecule has 148 valence electrons. The Labute approximate surface area is 175 Å². The van der Waals surface area contributed by atoms with Crippen LogP contribution in [0.5, 0.6) is 5.75 Å². The zero-order valence-electron chi connectivity index (χ0n) is 17.2. The number of hydrogen-bond donors (Lipinski definition) is 2. The predicted octanol–water partition coefficient (Wildman–Crippen LogP) is 5.97. The minimum Gasteiger partial charge on any atom is -0.497 e. The SMILES string of the molecule is COc1ccc(C=Cc2cc(C#N)c(Nc3ccc4[nH]ccc4c3C)nc2C)cc1. The maximum atomic E-state index is 9.69. The third kappa shape index (κ3) is 3.76. The molecule has 0 saturated heterocycles. The van der Waals surface area contributed by atoms with E-state index in [1.54, 1.807) is 7.11 Å². The smallest absolute Gasteiger partial charge is 0.148 e. The summed E-state index contributed by atoms with van der Waals surface area (Å²) in [7, 11) is 1.65. The second-order valence-electron chi connectivity index (χ2n) is 7.08. The maximum absolute atomic E-state index is 9.69. The molecule has 0 fully saturated rings. The summed E-state index contributed by atoms with van der Waals surface area (Å²) in [6.07, 6.45) is 5.90. The summed E-state index contributed by atoms with van der Waals surface area (Å²) in [5.74, 6) is 1.38. The van der Waals surface area contributed by atoms with E-state index in [1.807, 2.05) is 73.8 Å². The number of ether oxygens (including phenoxy) is 1. The molecule has 0 aliphatic rings. The first-order chi connectivity index (χ1) is 14.6. The zero-order chi connectivity index (χ0) is 21.1. The van der Waals surface area contributed by atoms with Crippen LogP contribution in [0, 0.1) is 25.2 Å². The van der Waals surface area contributed by atoms with E-state index in [9.17, 15) is 5.26 Å². The van der Waals surface area contributed by atoms with Gasteiger partial charge in [0.25, 0.3) is 0 Å². The van der Waals surface area contributed by atoms with Crippen LogP contribution in [-0.2, 0) is 0 Å². The standard InChI is InChI=1S/C25H22N4O/c1-16-22-12-13-27-24(22)11-10-23(16)29-25-20(15-26)14-19(17(2)28-25)7-4-18-5-8-21(30-3)9-6-18/h4-14,27H,1-3H3,(H,28,29). The molecule has 5 nitrogen and oxygen atoms in total. The Morgan fingerprint density at radius 3 is 2.60 bits per heavy atom. The van der Waals surface area contributed by atoms with Crippen molar-refractivity contribution in [2.75, 3.05) is 12.4 Å². The number of aromatic amines is 1. The fourth-order valence-electron chi connectivity index (χ4n) is 3.42. The Kier molecular flexibility index (Phi) is 5.23. The Bertz CT molecular complexity index is 1280. The number of methoxy groups -OCH3 is 1. The highest BCUT2D eigenvalue weighted by Crippen LogP contribution is 2.29. The number of anilines is 2. The number of H-pyrrole nitrogens is 1.